The molecule has 0 saturated heterocycles. The predicted octanol–water partition coefficient (Wildman–Crippen LogP) is 3.99. The zero-order valence-electron chi connectivity index (χ0n) is 13.0. The number of rotatable bonds is 9. The van der Waals surface area contributed by atoms with Crippen molar-refractivity contribution in [1.29, 1.82) is 0 Å². The van der Waals surface area contributed by atoms with Crippen molar-refractivity contribution < 1.29 is 29.1 Å². The van der Waals surface area contributed by atoms with Gasteiger partial charge in [0.15, 0.2) is 0 Å². The molecule has 0 amide bonds. The zero-order chi connectivity index (χ0) is 16.2. The molecular weight excluding hydrogens is 288 g/mol. The van der Waals surface area contributed by atoms with Gasteiger partial charge in [0.2, 0.25) is 0 Å². The van der Waals surface area contributed by atoms with Gasteiger partial charge in [0.1, 0.15) is 0 Å². The van der Waals surface area contributed by atoms with Crippen LogP contribution >= 0.6 is 0 Å². The SMILES string of the molecule is CCCCCCc1ccc(C(=O)OOOC(=O)OCC)cc1. The summed E-state index contributed by atoms with van der Waals surface area (Å²) >= 11 is 0. The maximum Gasteiger partial charge on any atom is 0.543 e. The third kappa shape index (κ3) is 7.08. The number of ether oxygens (including phenoxy) is 1. The molecule has 1 aromatic rings. The molecule has 0 bridgehead atoms. The summed E-state index contributed by atoms with van der Waals surface area (Å²) in [4.78, 5) is 30.8. The molecule has 0 fully saturated rings. The van der Waals surface area contributed by atoms with E-state index in [-0.39, 0.29) is 6.61 Å². The second-order valence-electron chi connectivity index (χ2n) is 4.71. The minimum absolute atomic E-state index is 0.135. The molecule has 0 saturated carbocycles. The summed E-state index contributed by atoms with van der Waals surface area (Å²) in [5.41, 5.74) is 1.47. The first-order valence-corrected chi connectivity index (χ1v) is 7.48. The molecule has 22 heavy (non-hydrogen) atoms. The molecule has 0 N–H and O–H groups in total. The van der Waals surface area contributed by atoms with Crippen LogP contribution in [-0.4, -0.2) is 18.7 Å². The Bertz CT molecular complexity index is 454. The summed E-state index contributed by atoms with van der Waals surface area (Å²) in [6, 6.07) is 7.03. The third-order valence-corrected chi connectivity index (χ3v) is 2.98. The van der Waals surface area contributed by atoms with Crippen LogP contribution in [0.15, 0.2) is 24.3 Å². The average molecular weight is 310 g/mol. The minimum atomic E-state index is -1.07. The minimum Gasteiger partial charge on any atom is -0.433 e. The summed E-state index contributed by atoms with van der Waals surface area (Å²) in [5.74, 6) is -0.748. The normalized spacial score (nSPS) is 10.1. The van der Waals surface area contributed by atoms with Crippen molar-refractivity contribution in [3.63, 3.8) is 0 Å². The first-order chi connectivity index (χ1) is 10.7. The quantitative estimate of drug-likeness (QED) is 0.297. The largest absolute Gasteiger partial charge is 0.543 e. The van der Waals surface area contributed by atoms with E-state index in [1.165, 1.54) is 19.3 Å². The van der Waals surface area contributed by atoms with Gasteiger partial charge in [-0.15, -0.1) is 0 Å². The van der Waals surface area contributed by atoms with Gasteiger partial charge in [-0.3, -0.25) is 4.89 Å². The Hall–Kier alpha value is -2.08. The highest BCUT2D eigenvalue weighted by Crippen LogP contribution is 2.10. The molecule has 0 atom stereocenters. The Morgan fingerprint density at radius 1 is 0.955 bits per heavy atom. The van der Waals surface area contributed by atoms with Gasteiger partial charge in [-0.25, -0.2) is 14.5 Å². The summed E-state index contributed by atoms with van der Waals surface area (Å²) in [6.45, 7) is 3.92. The lowest BCUT2D eigenvalue weighted by molar-refractivity contribution is -0.452. The number of unbranched alkanes of at least 4 members (excludes halogenated alkanes) is 3. The summed E-state index contributed by atoms with van der Waals surface area (Å²) < 4.78 is 4.42. The molecule has 1 rings (SSSR count). The van der Waals surface area contributed by atoms with Crippen LogP contribution in [0.4, 0.5) is 4.79 Å². The van der Waals surface area contributed by atoms with E-state index in [4.69, 9.17) is 0 Å². The molecule has 0 aliphatic heterocycles. The van der Waals surface area contributed by atoms with E-state index in [9.17, 15) is 9.59 Å². The third-order valence-electron chi connectivity index (χ3n) is 2.98. The van der Waals surface area contributed by atoms with Crippen LogP contribution in [-0.2, 0) is 26.0 Å². The van der Waals surface area contributed by atoms with E-state index in [2.05, 4.69) is 26.5 Å². The Kier molecular flexibility index (Phi) is 8.67. The topological polar surface area (TPSA) is 71.1 Å². The van der Waals surface area contributed by atoms with Crippen molar-refractivity contribution in [2.45, 2.75) is 46.0 Å². The number of hydrogen-bond acceptors (Lipinski definition) is 6. The van der Waals surface area contributed by atoms with E-state index in [1.807, 2.05) is 12.1 Å². The number of benzene rings is 1. The fourth-order valence-corrected chi connectivity index (χ4v) is 1.83. The van der Waals surface area contributed by atoms with Gasteiger partial charge in [0.25, 0.3) is 0 Å². The van der Waals surface area contributed by atoms with Crippen LogP contribution in [0.5, 0.6) is 0 Å². The molecule has 0 aliphatic rings. The molecule has 0 aromatic heterocycles. The monoisotopic (exact) mass is 310 g/mol. The maximum absolute atomic E-state index is 11.6. The number of carbonyl (C=O) groups excluding carboxylic acids is 2. The lowest BCUT2D eigenvalue weighted by Gasteiger charge is -2.04. The van der Waals surface area contributed by atoms with Gasteiger partial charge < -0.3 is 4.74 Å². The van der Waals surface area contributed by atoms with E-state index in [0.29, 0.717) is 5.56 Å². The van der Waals surface area contributed by atoms with Crippen LogP contribution in [0.3, 0.4) is 0 Å². The molecule has 0 heterocycles. The standard InChI is InChI=1S/C16H22O6/c1-3-5-6-7-8-13-9-11-14(12-10-13)15(17)20-22-21-16(18)19-4-2/h9-12H,3-8H2,1-2H3. The predicted molar refractivity (Wildman–Crippen MR) is 78.9 cm³/mol. The number of aryl methyl sites for hydroxylation is 1. The van der Waals surface area contributed by atoms with Crippen LogP contribution in [0.2, 0.25) is 0 Å². The number of hydrogen-bond donors (Lipinski definition) is 0. The number of carbonyl (C=O) groups is 2. The van der Waals surface area contributed by atoms with Crippen molar-refractivity contribution in [2.75, 3.05) is 6.61 Å². The Balaban J connectivity index is 2.32. The van der Waals surface area contributed by atoms with E-state index < -0.39 is 12.1 Å². The van der Waals surface area contributed by atoms with Gasteiger partial charge in [-0.1, -0.05) is 38.3 Å². The Morgan fingerprint density at radius 2 is 1.68 bits per heavy atom. The first-order valence-electron chi connectivity index (χ1n) is 7.48. The molecule has 122 valence electrons. The van der Waals surface area contributed by atoms with Gasteiger partial charge in [0, 0.05) is 0 Å². The van der Waals surface area contributed by atoms with Crippen LogP contribution in [0, 0.1) is 0 Å². The highest BCUT2D eigenvalue weighted by molar-refractivity contribution is 5.88. The fraction of sp³-hybridized carbons (Fsp3) is 0.500. The van der Waals surface area contributed by atoms with Gasteiger partial charge >= 0.3 is 12.1 Å². The molecule has 0 spiro atoms. The van der Waals surface area contributed by atoms with Gasteiger partial charge in [-0.05, 0) is 37.5 Å². The highest BCUT2D eigenvalue weighted by atomic mass is 17.5. The molecule has 0 radical (unpaired) electrons. The van der Waals surface area contributed by atoms with Crippen molar-refractivity contribution in [2.24, 2.45) is 0 Å². The zero-order valence-corrected chi connectivity index (χ0v) is 13.0. The lowest BCUT2D eigenvalue weighted by atomic mass is 10.0. The van der Waals surface area contributed by atoms with Crippen molar-refractivity contribution in [3.8, 4) is 0 Å². The molecular formula is C16H22O6. The fourth-order valence-electron chi connectivity index (χ4n) is 1.83. The smallest absolute Gasteiger partial charge is 0.433 e. The van der Waals surface area contributed by atoms with Crippen LogP contribution in [0.1, 0.15) is 55.5 Å². The molecule has 6 heteroatoms. The average Bonchev–Trinajstić information content (AvgIpc) is 2.52. The molecule has 0 aliphatic carbocycles. The Labute approximate surface area is 130 Å². The van der Waals surface area contributed by atoms with E-state index in [0.717, 1.165) is 18.4 Å². The highest BCUT2D eigenvalue weighted by Gasteiger charge is 2.11. The molecule has 1 aromatic carbocycles. The van der Waals surface area contributed by atoms with Crippen molar-refractivity contribution >= 4 is 12.1 Å². The summed E-state index contributed by atoms with van der Waals surface area (Å²) in [6.07, 6.45) is 4.70. The second-order valence-corrected chi connectivity index (χ2v) is 4.71. The van der Waals surface area contributed by atoms with E-state index in [1.54, 1.807) is 19.1 Å². The van der Waals surface area contributed by atoms with Crippen LogP contribution < -0.4 is 0 Å². The Morgan fingerprint density at radius 3 is 2.32 bits per heavy atom. The van der Waals surface area contributed by atoms with Gasteiger partial charge in [0.05, 0.1) is 17.2 Å². The second kappa shape index (κ2) is 10.6. The van der Waals surface area contributed by atoms with Gasteiger partial charge in [-0.2, -0.15) is 0 Å². The summed E-state index contributed by atoms with van der Waals surface area (Å²) in [7, 11) is 0. The van der Waals surface area contributed by atoms with E-state index >= 15 is 0 Å². The molecule has 0 unspecified atom stereocenters. The van der Waals surface area contributed by atoms with Crippen molar-refractivity contribution in [3.05, 3.63) is 35.4 Å². The lowest BCUT2D eigenvalue weighted by Crippen LogP contribution is -2.12. The maximum atomic E-state index is 11.6. The summed E-state index contributed by atoms with van der Waals surface area (Å²) in [5, 5.41) is 4.06. The first kappa shape index (κ1) is 18.0. The van der Waals surface area contributed by atoms with Crippen molar-refractivity contribution in [1.82, 2.24) is 0 Å². The molecule has 6 nitrogen and oxygen atoms in total. The van der Waals surface area contributed by atoms with Crippen LogP contribution in [0.25, 0.3) is 0 Å².